The van der Waals surface area contributed by atoms with E-state index in [9.17, 15) is 4.79 Å². The Hall–Kier alpha value is -1.33. The van der Waals surface area contributed by atoms with Crippen molar-refractivity contribution < 1.29 is 4.79 Å². The molecule has 3 N–H and O–H groups in total. The summed E-state index contributed by atoms with van der Waals surface area (Å²) in [4.78, 5) is 15.0. The molecule has 0 unspecified atom stereocenters. The van der Waals surface area contributed by atoms with Crippen LogP contribution in [0.2, 0.25) is 5.02 Å². The van der Waals surface area contributed by atoms with E-state index in [0.717, 1.165) is 15.3 Å². The van der Waals surface area contributed by atoms with Gasteiger partial charge in [-0.05, 0) is 24.6 Å². The van der Waals surface area contributed by atoms with Crippen LogP contribution < -0.4 is 11.1 Å². The van der Waals surface area contributed by atoms with Crippen LogP contribution in [0.5, 0.6) is 0 Å². The van der Waals surface area contributed by atoms with E-state index in [1.54, 1.807) is 11.3 Å². The minimum Gasteiger partial charge on any atom is -0.370 e. The maximum absolute atomic E-state index is 10.6. The highest BCUT2D eigenvalue weighted by molar-refractivity contribution is 7.22. The lowest BCUT2D eigenvalue weighted by Gasteiger charge is -1.99. The Labute approximate surface area is 108 Å². The van der Waals surface area contributed by atoms with Gasteiger partial charge in [0.1, 0.15) is 0 Å². The number of carbonyl (C=O) groups excluding carboxylic acids is 1. The highest BCUT2D eigenvalue weighted by Crippen LogP contribution is 2.28. The molecule has 0 spiro atoms. The fourth-order valence-electron chi connectivity index (χ4n) is 1.43. The third kappa shape index (κ3) is 3.31. The van der Waals surface area contributed by atoms with Crippen molar-refractivity contribution in [1.82, 2.24) is 4.98 Å². The lowest BCUT2D eigenvalue weighted by Crippen LogP contribution is -2.12. The number of rotatable bonds is 5. The predicted molar refractivity (Wildman–Crippen MR) is 71.5 cm³/mol. The molecule has 90 valence electrons. The Morgan fingerprint density at radius 1 is 1.53 bits per heavy atom. The van der Waals surface area contributed by atoms with Gasteiger partial charge >= 0.3 is 0 Å². The molecule has 1 aromatic heterocycles. The molecule has 0 radical (unpaired) electrons. The van der Waals surface area contributed by atoms with E-state index in [0.29, 0.717) is 24.4 Å². The number of hydrogen-bond donors (Lipinski definition) is 2. The maximum atomic E-state index is 10.6. The van der Waals surface area contributed by atoms with Crippen LogP contribution in [-0.2, 0) is 4.79 Å². The van der Waals surface area contributed by atoms with Crippen LogP contribution in [0.15, 0.2) is 18.2 Å². The number of primary amides is 1. The summed E-state index contributed by atoms with van der Waals surface area (Å²) in [7, 11) is 0. The summed E-state index contributed by atoms with van der Waals surface area (Å²) in [6.07, 6.45) is 1.11. The number of anilines is 1. The molecule has 0 aliphatic heterocycles. The fourth-order valence-corrected chi connectivity index (χ4v) is 2.60. The molecule has 17 heavy (non-hydrogen) atoms. The maximum Gasteiger partial charge on any atom is 0.217 e. The molecule has 0 bridgehead atoms. The van der Waals surface area contributed by atoms with E-state index in [4.69, 9.17) is 17.3 Å². The monoisotopic (exact) mass is 269 g/mol. The van der Waals surface area contributed by atoms with E-state index in [1.165, 1.54) is 0 Å². The molecule has 1 aromatic carbocycles. The zero-order valence-corrected chi connectivity index (χ0v) is 10.6. The number of nitrogens with one attached hydrogen (secondary N) is 1. The van der Waals surface area contributed by atoms with Crippen LogP contribution >= 0.6 is 22.9 Å². The number of hydrogen-bond acceptors (Lipinski definition) is 4. The summed E-state index contributed by atoms with van der Waals surface area (Å²) >= 11 is 7.44. The van der Waals surface area contributed by atoms with Crippen molar-refractivity contribution in [2.45, 2.75) is 12.8 Å². The second kappa shape index (κ2) is 5.33. The first-order valence-electron chi connectivity index (χ1n) is 5.23. The van der Waals surface area contributed by atoms with Gasteiger partial charge in [0.2, 0.25) is 5.91 Å². The molecular weight excluding hydrogens is 258 g/mol. The molecule has 0 fully saturated rings. The zero-order chi connectivity index (χ0) is 12.3. The fraction of sp³-hybridized carbons (Fsp3) is 0.273. The van der Waals surface area contributed by atoms with Gasteiger partial charge in [-0.1, -0.05) is 22.9 Å². The van der Waals surface area contributed by atoms with Crippen LogP contribution in [0.4, 0.5) is 5.13 Å². The van der Waals surface area contributed by atoms with E-state index >= 15 is 0 Å². The van der Waals surface area contributed by atoms with Gasteiger partial charge in [-0.3, -0.25) is 4.79 Å². The number of nitrogens with zero attached hydrogens (tertiary/aromatic N) is 1. The highest BCUT2D eigenvalue weighted by Gasteiger charge is 2.03. The van der Waals surface area contributed by atoms with Crippen LogP contribution in [0.25, 0.3) is 10.2 Å². The third-order valence-electron chi connectivity index (χ3n) is 2.23. The summed E-state index contributed by atoms with van der Waals surface area (Å²) in [6, 6.07) is 5.60. The van der Waals surface area contributed by atoms with Gasteiger partial charge < -0.3 is 11.1 Å². The smallest absolute Gasteiger partial charge is 0.217 e. The zero-order valence-electron chi connectivity index (χ0n) is 9.07. The van der Waals surface area contributed by atoms with E-state index in [2.05, 4.69) is 10.3 Å². The number of benzene rings is 1. The van der Waals surface area contributed by atoms with Crippen molar-refractivity contribution >= 4 is 44.2 Å². The number of carbonyl (C=O) groups is 1. The largest absolute Gasteiger partial charge is 0.370 e. The molecule has 2 aromatic rings. The second-order valence-electron chi connectivity index (χ2n) is 3.63. The lowest BCUT2D eigenvalue weighted by atomic mass is 10.3. The van der Waals surface area contributed by atoms with Gasteiger partial charge in [-0.15, -0.1) is 0 Å². The molecule has 0 saturated carbocycles. The lowest BCUT2D eigenvalue weighted by molar-refractivity contribution is -0.118. The topological polar surface area (TPSA) is 68.0 Å². The number of thiazole rings is 1. The molecule has 0 aliphatic rings. The summed E-state index contributed by atoms with van der Waals surface area (Å²) in [5.74, 6) is -0.275. The molecule has 0 saturated heterocycles. The normalized spacial score (nSPS) is 10.6. The Kier molecular flexibility index (Phi) is 3.81. The Morgan fingerprint density at radius 2 is 2.35 bits per heavy atom. The first-order valence-corrected chi connectivity index (χ1v) is 6.43. The molecule has 1 heterocycles. The Bertz CT molecular complexity index is 540. The van der Waals surface area contributed by atoms with Crippen LogP contribution in [0, 0.1) is 0 Å². The average molecular weight is 270 g/mol. The van der Waals surface area contributed by atoms with Crippen LogP contribution in [-0.4, -0.2) is 17.4 Å². The summed E-state index contributed by atoms with van der Waals surface area (Å²) < 4.78 is 1.05. The minimum atomic E-state index is -0.275. The summed E-state index contributed by atoms with van der Waals surface area (Å²) in [6.45, 7) is 0.691. The van der Waals surface area contributed by atoms with Crippen molar-refractivity contribution in [3.05, 3.63) is 23.2 Å². The van der Waals surface area contributed by atoms with Crippen molar-refractivity contribution in [2.24, 2.45) is 5.73 Å². The summed E-state index contributed by atoms with van der Waals surface area (Å²) in [5.41, 5.74) is 5.98. The third-order valence-corrected chi connectivity index (χ3v) is 3.44. The molecule has 1 amide bonds. The minimum absolute atomic E-state index is 0.275. The number of halogens is 1. The number of amides is 1. The first kappa shape index (κ1) is 12.1. The number of aromatic nitrogens is 1. The van der Waals surface area contributed by atoms with Crippen LogP contribution in [0.1, 0.15) is 12.8 Å². The van der Waals surface area contributed by atoms with E-state index in [1.807, 2.05) is 18.2 Å². The van der Waals surface area contributed by atoms with Gasteiger partial charge in [-0.25, -0.2) is 4.98 Å². The van der Waals surface area contributed by atoms with Gasteiger partial charge in [0.25, 0.3) is 0 Å². The van der Waals surface area contributed by atoms with Crippen molar-refractivity contribution in [2.75, 3.05) is 11.9 Å². The average Bonchev–Trinajstić information content (AvgIpc) is 2.66. The van der Waals surface area contributed by atoms with E-state index in [-0.39, 0.29) is 5.91 Å². The molecule has 4 nitrogen and oxygen atoms in total. The molecule has 6 heteroatoms. The Balaban J connectivity index is 1.97. The Morgan fingerprint density at radius 3 is 3.12 bits per heavy atom. The van der Waals surface area contributed by atoms with Gasteiger partial charge in [0.05, 0.1) is 10.2 Å². The molecule has 0 aliphatic carbocycles. The van der Waals surface area contributed by atoms with Crippen molar-refractivity contribution in [1.29, 1.82) is 0 Å². The highest BCUT2D eigenvalue weighted by atomic mass is 35.5. The quantitative estimate of drug-likeness (QED) is 0.820. The van der Waals surface area contributed by atoms with Gasteiger partial charge in [0.15, 0.2) is 5.13 Å². The predicted octanol–water partition coefficient (Wildman–Crippen LogP) is 2.63. The van der Waals surface area contributed by atoms with Crippen molar-refractivity contribution in [3.8, 4) is 0 Å². The van der Waals surface area contributed by atoms with Gasteiger partial charge in [0, 0.05) is 18.0 Å². The molecule has 0 atom stereocenters. The number of nitrogens with two attached hydrogens (primary N) is 1. The van der Waals surface area contributed by atoms with E-state index < -0.39 is 0 Å². The first-order chi connectivity index (χ1) is 8.15. The standard InChI is InChI=1S/C11H12ClN3OS/c12-7-3-4-8-9(6-7)17-11(15-8)14-5-1-2-10(13)16/h3-4,6H,1-2,5H2,(H2,13,16)(H,14,15). The molecular formula is C11H12ClN3OS. The SMILES string of the molecule is NC(=O)CCCNc1nc2ccc(Cl)cc2s1. The molecule has 2 rings (SSSR count). The van der Waals surface area contributed by atoms with Gasteiger partial charge in [-0.2, -0.15) is 0 Å². The van der Waals surface area contributed by atoms with Crippen molar-refractivity contribution in [3.63, 3.8) is 0 Å². The second-order valence-corrected chi connectivity index (χ2v) is 5.09. The van der Waals surface area contributed by atoms with Crippen LogP contribution in [0.3, 0.4) is 0 Å². The summed E-state index contributed by atoms with van der Waals surface area (Å²) in [5, 5.41) is 4.71. The number of fused-ring (bicyclic) bond motifs is 1.